The Morgan fingerprint density at radius 1 is 0.957 bits per heavy atom. The molecule has 0 unspecified atom stereocenters. The van der Waals surface area contributed by atoms with Crippen LogP contribution >= 0.6 is 0 Å². The van der Waals surface area contributed by atoms with Crippen LogP contribution in [0.15, 0.2) is 0 Å². The van der Waals surface area contributed by atoms with E-state index in [0.29, 0.717) is 12.3 Å². The van der Waals surface area contributed by atoms with Crippen molar-refractivity contribution in [2.45, 2.75) is 84.1 Å². The van der Waals surface area contributed by atoms with Crippen molar-refractivity contribution in [1.82, 2.24) is 0 Å². The van der Waals surface area contributed by atoms with E-state index in [-0.39, 0.29) is 24.1 Å². The van der Waals surface area contributed by atoms with Gasteiger partial charge in [0.1, 0.15) is 0 Å². The van der Waals surface area contributed by atoms with Crippen LogP contribution in [0.25, 0.3) is 0 Å². The number of rotatable bonds is 8. The van der Waals surface area contributed by atoms with E-state index in [4.69, 9.17) is 13.6 Å². The summed E-state index contributed by atoms with van der Waals surface area (Å²) < 4.78 is 17.9. The van der Waals surface area contributed by atoms with Crippen LogP contribution < -0.4 is 0 Å². The number of carbonyl (C=O) groups is 1. The van der Waals surface area contributed by atoms with Crippen molar-refractivity contribution in [3.63, 3.8) is 0 Å². The Labute approximate surface area is 144 Å². The fraction of sp³-hybridized carbons (Fsp3) is 0.941. The van der Waals surface area contributed by atoms with E-state index in [1.54, 1.807) is 0 Å². The normalized spacial score (nSPS) is 28.9. The molecule has 0 N–H and O–H groups in total. The summed E-state index contributed by atoms with van der Waals surface area (Å²) in [5, 5.41) is 0. The summed E-state index contributed by atoms with van der Waals surface area (Å²) >= 11 is 0. The minimum absolute atomic E-state index is 0.124. The summed E-state index contributed by atoms with van der Waals surface area (Å²) in [6, 6.07) is 0. The third kappa shape index (κ3) is 7.07. The van der Waals surface area contributed by atoms with E-state index in [1.165, 1.54) is 7.11 Å². The number of esters is 1. The monoisotopic (exact) mass is 360 g/mol. The molecule has 0 radical (unpaired) electrons. The molecule has 136 valence electrons. The second-order valence-corrected chi connectivity index (χ2v) is 17.6. The number of carbonyl (C=O) groups excluding carboxylic acids is 1. The van der Waals surface area contributed by atoms with E-state index in [0.717, 1.165) is 19.3 Å². The first kappa shape index (κ1) is 20.9. The van der Waals surface area contributed by atoms with Crippen molar-refractivity contribution in [3.05, 3.63) is 0 Å². The number of hydrogen-bond acceptors (Lipinski definition) is 4. The lowest BCUT2D eigenvalue weighted by Gasteiger charge is -2.30. The van der Waals surface area contributed by atoms with Gasteiger partial charge in [-0.3, -0.25) is 4.79 Å². The summed E-state index contributed by atoms with van der Waals surface area (Å²) in [7, 11) is -1.81. The Hall–Kier alpha value is -0.176. The van der Waals surface area contributed by atoms with Crippen molar-refractivity contribution < 1.29 is 18.4 Å². The molecule has 4 nitrogen and oxygen atoms in total. The van der Waals surface area contributed by atoms with Crippen LogP contribution in [-0.2, 0) is 18.4 Å². The van der Waals surface area contributed by atoms with Gasteiger partial charge in [-0.2, -0.15) is 0 Å². The molecule has 0 aliphatic heterocycles. The summed E-state index contributed by atoms with van der Waals surface area (Å²) in [6.45, 7) is 15.5. The van der Waals surface area contributed by atoms with Crippen LogP contribution in [0.2, 0.25) is 39.3 Å². The number of ether oxygens (including phenoxy) is 1. The lowest BCUT2D eigenvalue weighted by molar-refractivity contribution is -0.143. The Kier molecular flexibility index (Phi) is 7.50. The average molecular weight is 361 g/mol. The van der Waals surface area contributed by atoms with Gasteiger partial charge in [0.25, 0.3) is 0 Å². The molecule has 6 heteroatoms. The van der Waals surface area contributed by atoms with Gasteiger partial charge >= 0.3 is 5.97 Å². The molecule has 0 aromatic carbocycles. The molecular weight excluding hydrogens is 324 g/mol. The van der Waals surface area contributed by atoms with Crippen molar-refractivity contribution in [1.29, 1.82) is 0 Å². The van der Waals surface area contributed by atoms with Crippen molar-refractivity contribution >= 4 is 22.6 Å². The topological polar surface area (TPSA) is 44.8 Å². The minimum atomic E-state index is -1.66. The summed E-state index contributed by atoms with van der Waals surface area (Å²) in [5.41, 5.74) is 0. The molecule has 0 aromatic rings. The highest BCUT2D eigenvalue weighted by molar-refractivity contribution is 6.70. The molecular formula is C17H36O4Si2. The van der Waals surface area contributed by atoms with Gasteiger partial charge in [0, 0.05) is 0 Å². The fourth-order valence-electron chi connectivity index (χ4n) is 3.60. The Balaban J connectivity index is 2.99. The molecule has 1 aliphatic carbocycles. The lowest BCUT2D eigenvalue weighted by atomic mass is 9.87. The zero-order valence-electron chi connectivity index (χ0n) is 16.3. The fourth-order valence-corrected chi connectivity index (χ4v) is 5.96. The number of methoxy groups -OCH3 is 1. The van der Waals surface area contributed by atoms with Gasteiger partial charge in [0.05, 0.1) is 25.7 Å². The molecule has 1 aliphatic rings. The maximum Gasteiger partial charge on any atom is 0.305 e. The molecule has 0 bridgehead atoms. The SMILES string of the molecule is CCC[C@@H]1[C@H](CC(=O)OC)[C@@H](O[Si](C)(C)C)C[C@H]1O[Si](C)(C)C. The molecule has 23 heavy (non-hydrogen) atoms. The second kappa shape index (κ2) is 8.27. The summed E-state index contributed by atoms with van der Waals surface area (Å²) in [5.74, 6) is 0.483. The third-order valence-electron chi connectivity index (χ3n) is 4.23. The van der Waals surface area contributed by atoms with Crippen LogP contribution in [0.4, 0.5) is 0 Å². The highest BCUT2D eigenvalue weighted by atomic mass is 28.4. The third-order valence-corrected chi connectivity index (χ3v) is 6.25. The van der Waals surface area contributed by atoms with Crippen LogP contribution in [0, 0.1) is 11.8 Å². The van der Waals surface area contributed by atoms with Gasteiger partial charge in [-0.25, -0.2) is 0 Å². The Bertz CT molecular complexity index is 387. The van der Waals surface area contributed by atoms with Gasteiger partial charge in [0.15, 0.2) is 16.6 Å². The van der Waals surface area contributed by atoms with Crippen LogP contribution in [-0.4, -0.2) is 41.9 Å². The first-order valence-corrected chi connectivity index (χ1v) is 15.7. The quantitative estimate of drug-likeness (QED) is 0.474. The first-order chi connectivity index (χ1) is 10.5. The molecule has 0 heterocycles. The highest BCUT2D eigenvalue weighted by Gasteiger charge is 2.47. The number of hydrogen-bond donors (Lipinski definition) is 0. The van der Waals surface area contributed by atoms with E-state index in [9.17, 15) is 4.79 Å². The van der Waals surface area contributed by atoms with E-state index >= 15 is 0 Å². The smallest absolute Gasteiger partial charge is 0.305 e. The Morgan fingerprint density at radius 3 is 1.83 bits per heavy atom. The van der Waals surface area contributed by atoms with Crippen molar-refractivity contribution in [2.24, 2.45) is 11.8 Å². The molecule has 1 saturated carbocycles. The maximum absolute atomic E-state index is 11.9. The highest BCUT2D eigenvalue weighted by Crippen LogP contribution is 2.43. The second-order valence-electron chi connectivity index (χ2n) is 8.67. The van der Waals surface area contributed by atoms with Gasteiger partial charge in [-0.05, 0) is 64.0 Å². The maximum atomic E-state index is 11.9. The predicted octanol–water partition coefficient (Wildman–Crippen LogP) is 4.43. The lowest BCUT2D eigenvalue weighted by Crippen LogP contribution is -2.36. The van der Waals surface area contributed by atoms with E-state index in [2.05, 4.69) is 46.2 Å². The molecule has 4 atom stereocenters. The summed E-state index contributed by atoms with van der Waals surface area (Å²) in [6.07, 6.45) is 3.90. The zero-order chi connectivity index (χ0) is 17.8. The predicted molar refractivity (Wildman–Crippen MR) is 99.6 cm³/mol. The van der Waals surface area contributed by atoms with Gasteiger partial charge < -0.3 is 13.6 Å². The molecule has 0 amide bonds. The first-order valence-electron chi connectivity index (χ1n) is 8.89. The van der Waals surface area contributed by atoms with Crippen molar-refractivity contribution in [2.75, 3.05) is 7.11 Å². The molecule has 0 spiro atoms. The molecule has 1 rings (SSSR count). The minimum Gasteiger partial charge on any atom is -0.469 e. The van der Waals surface area contributed by atoms with Gasteiger partial charge in [-0.1, -0.05) is 13.3 Å². The van der Waals surface area contributed by atoms with Gasteiger partial charge in [0.2, 0.25) is 0 Å². The standard InChI is InChI=1S/C17H36O4Si2/c1-9-10-13-14(11-17(18)19-2)16(21-23(6,7)8)12-15(13)20-22(3,4)5/h13-16H,9-12H2,1-8H3/t13-,14+,15-,16+/m1/s1. The van der Waals surface area contributed by atoms with Gasteiger partial charge in [-0.15, -0.1) is 0 Å². The van der Waals surface area contributed by atoms with E-state index in [1.807, 2.05) is 0 Å². The zero-order valence-corrected chi connectivity index (χ0v) is 18.3. The average Bonchev–Trinajstić information content (AvgIpc) is 2.64. The van der Waals surface area contributed by atoms with Crippen LogP contribution in [0.5, 0.6) is 0 Å². The Morgan fingerprint density at radius 2 is 1.43 bits per heavy atom. The van der Waals surface area contributed by atoms with E-state index < -0.39 is 16.6 Å². The van der Waals surface area contributed by atoms with Crippen LogP contribution in [0.1, 0.15) is 32.6 Å². The molecule has 0 aromatic heterocycles. The largest absolute Gasteiger partial charge is 0.469 e. The summed E-state index contributed by atoms with van der Waals surface area (Å²) in [4.78, 5) is 11.9. The molecule has 0 saturated heterocycles. The molecule has 1 fully saturated rings. The van der Waals surface area contributed by atoms with Crippen LogP contribution in [0.3, 0.4) is 0 Å². The van der Waals surface area contributed by atoms with Crippen molar-refractivity contribution in [3.8, 4) is 0 Å².